The van der Waals surface area contributed by atoms with Gasteiger partial charge in [0.25, 0.3) is 0 Å². The van der Waals surface area contributed by atoms with Crippen molar-refractivity contribution in [2.24, 2.45) is 0 Å². The molecule has 0 amide bonds. The van der Waals surface area contributed by atoms with E-state index in [9.17, 15) is 28.8 Å². The first-order chi connectivity index (χ1) is 63.5. The van der Waals surface area contributed by atoms with E-state index >= 15 is 0 Å². The van der Waals surface area contributed by atoms with Gasteiger partial charge >= 0.3 is 35.8 Å². The van der Waals surface area contributed by atoms with Crippen molar-refractivity contribution in [3.8, 4) is 0 Å². The maximum absolute atomic E-state index is 10.3. The smallest absolute Gasteiger partial charge is 0.303 e. The molecule has 132 heavy (non-hydrogen) atoms. The maximum Gasteiger partial charge on any atom is 0.303 e. The van der Waals surface area contributed by atoms with E-state index in [-0.39, 0.29) is 79.3 Å². The topological polar surface area (TPSA) is 588 Å². The van der Waals surface area contributed by atoms with Crippen LogP contribution in [-0.4, -0.2) is 274 Å². The molecule has 30 nitrogen and oxygen atoms in total. The molecule has 0 bridgehead atoms. The van der Waals surface area contributed by atoms with Crippen LogP contribution in [0.25, 0.3) is 0 Å². The van der Waals surface area contributed by atoms with Gasteiger partial charge in [0.1, 0.15) is 36.6 Å². The van der Waals surface area contributed by atoms with Crippen LogP contribution in [0.4, 0.5) is 0 Å². The minimum atomic E-state index is -0.954. The summed E-state index contributed by atoms with van der Waals surface area (Å²) in [5.41, 5.74) is 0. The summed E-state index contributed by atoms with van der Waals surface area (Å²) < 4.78 is 0. The molecular weight excluding hydrogens is 1710 g/mol. The van der Waals surface area contributed by atoms with E-state index in [1.807, 2.05) is 0 Å². The molecule has 0 aliphatic rings. The van der Waals surface area contributed by atoms with Gasteiger partial charge in [-0.1, -0.05) is 427 Å². The molecule has 0 aromatic heterocycles. The van der Waals surface area contributed by atoms with Crippen LogP contribution in [0.15, 0.2) is 0 Å². The highest BCUT2D eigenvalue weighted by molar-refractivity contribution is 5.68. The van der Waals surface area contributed by atoms with Crippen molar-refractivity contribution in [2.45, 2.75) is 540 Å². The molecule has 0 aromatic carbocycles. The number of aliphatic hydroxyl groups excluding tert-OH is 18. The lowest BCUT2D eigenvalue weighted by molar-refractivity contribution is -0.138. The fourth-order valence-corrected chi connectivity index (χ4v) is 12.0. The van der Waals surface area contributed by atoms with E-state index in [1.54, 1.807) is 0 Å². The quantitative estimate of drug-likeness (QED) is 0.0251. The van der Waals surface area contributed by atoms with Gasteiger partial charge in [-0.3, -0.25) is 28.8 Å². The van der Waals surface area contributed by atoms with Crippen LogP contribution < -0.4 is 0 Å². The zero-order chi connectivity index (χ0) is 102. The highest BCUT2D eigenvalue weighted by Gasteiger charge is 2.05. The number of aliphatic carboxylic acids is 6. The fourth-order valence-electron chi connectivity index (χ4n) is 12.0. The number of aliphatic hydroxyl groups is 18. The number of hydrogen-bond acceptors (Lipinski definition) is 24. The molecule has 0 rings (SSSR count). The van der Waals surface area contributed by atoms with Gasteiger partial charge in [0.05, 0.1) is 79.3 Å². The molecule has 0 atom stereocenters. The van der Waals surface area contributed by atoms with Crippen molar-refractivity contribution in [1.29, 1.82) is 0 Å². The Morgan fingerprint density at radius 1 is 0.129 bits per heavy atom. The molecule has 0 aliphatic carbocycles. The lowest BCUT2D eigenvalue weighted by Gasteiger charge is -2.01. The summed E-state index contributed by atoms with van der Waals surface area (Å²) in [5, 5.41) is 195. The number of carbonyl (C=O) groups is 6. The summed E-state index contributed by atoms with van der Waals surface area (Å²) in [4.78, 5) is 61.6. The highest BCUT2D eigenvalue weighted by Crippen LogP contribution is 2.18. The van der Waals surface area contributed by atoms with E-state index in [2.05, 4.69) is 41.5 Å². The average Bonchev–Trinajstić information content (AvgIpc) is 1.11. The molecule has 0 radical (unpaired) electrons. The number of carboxylic acids is 6. The summed E-state index contributed by atoms with van der Waals surface area (Å²) >= 11 is 0. The lowest BCUT2D eigenvalue weighted by Crippen LogP contribution is -2.15. The Morgan fingerprint density at radius 3 is 0.235 bits per heavy atom. The third-order valence-corrected chi connectivity index (χ3v) is 20.5. The molecule has 0 saturated carbocycles. The first-order valence-electron chi connectivity index (χ1n) is 52.2. The van der Waals surface area contributed by atoms with Crippen LogP contribution in [0.5, 0.6) is 0 Å². The van der Waals surface area contributed by atoms with Gasteiger partial charge in [0.15, 0.2) is 0 Å². The van der Waals surface area contributed by atoms with Gasteiger partial charge in [-0.25, -0.2) is 0 Å². The molecule has 804 valence electrons. The molecule has 0 aromatic rings. The van der Waals surface area contributed by atoms with Gasteiger partial charge in [0, 0.05) is 38.5 Å². The van der Waals surface area contributed by atoms with Gasteiger partial charge in [-0.2, -0.15) is 0 Å². The molecule has 30 heteroatoms. The summed E-state index contributed by atoms with van der Waals surface area (Å²) in [6.45, 7) is 9.11. The average molecular weight is 1920 g/mol. The van der Waals surface area contributed by atoms with Crippen LogP contribution in [0.3, 0.4) is 0 Å². The van der Waals surface area contributed by atoms with Crippen LogP contribution in [0.2, 0.25) is 0 Å². The standard InChI is InChI=1S/6C14H28O2.6C3H8O3/c6*1-2-3-4-5-6-7-8-9-10-11-12-13-14(15)16;6*4-1-3(6)2-5/h6*2-13H2,1H3,(H,15,16);6*3-6H,1-2H2. The number of unbranched alkanes of at least 4 members (excludes halogenated alkanes) is 60. The Balaban J connectivity index is -0.000000122. The molecule has 0 spiro atoms. The maximum atomic E-state index is 10.3. The van der Waals surface area contributed by atoms with E-state index < -0.39 is 72.4 Å². The molecular formula is C102H216O30. The monoisotopic (exact) mass is 1920 g/mol. The molecule has 0 fully saturated rings. The highest BCUT2D eigenvalue weighted by atomic mass is 16.4. The summed E-state index contributed by atoms with van der Waals surface area (Å²) in [7, 11) is 0. The Morgan fingerprint density at radius 2 is 0.189 bits per heavy atom. The Bertz CT molecular complexity index is 1660. The zero-order valence-electron chi connectivity index (χ0n) is 85.0. The summed E-state index contributed by atoms with van der Waals surface area (Å²) in [5.74, 6) is -3.94. The fraction of sp³-hybridized carbons (Fsp3) is 0.941. The Labute approximate surface area is 803 Å². The van der Waals surface area contributed by atoms with E-state index in [0.717, 1.165) is 77.0 Å². The van der Waals surface area contributed by atoms with Crippen molar-refractivity contribution in [3.05, 3.63) is 0 Å². The predicted octanol–water partition coefficient (Wildman–Crippen LogP) is 18.6. The predicted molar refractivity (Wildman–Crippen MR) is 533 cm³/mol. The van der Waals surface area contributed by atoms with Crippen LogP contribution in [-0.2, 0) is 28.8 Å². The lowest BCUT2D eigenvalue weighted by atomic mass is 10.1. The molecule has 0 heterocycles. The number of hydrogen-bond donors (Lipinski definition) is 24. The Kier molecular flexibility index (Phi) is 174. The van der Waals surface area contributed by atoms with Gasteiger partial charge in [0.2, 0.25) is 0 Å². The first-order valence-corrected chi connectivity index (χ1v) is 52.2. The largest absolute Gasteiger partial charge is 0.481 e. The first kappa shape index (κ1) is 154. The van der Waals surface area contributed by atoms with Gasteiger partial charge in [-0.15, -0.1) is 0 Å². The molecule has 0 unspecified atom stereocenters. The number of carboxylic acid groups (broad SMARTS) is 6. The minimum absolute atomic E-state index is 0.344. The minimum Gasteiger partial charge on any atom is -0.481 e. The van der Waals surface area contributed by atoms with Crippen molar-refractivity contribution in [1.82, 2.24) is 0 Å². The molecule has 0 aliphatic heterocycles. The van der Waals surface area contributed by atoms with E-state index in [1.165, 1.54) is 347 Å². The van der Waals surface area contributed by atoms with Crippen molar-refractivity contribution in [3.63, 3.8) is 0 Å². The van der Waals surface area contributed by atoms with Crippen molar-refractivity contribution < 1.29 is 151 Å². The summed E-state index contributed by atoms with van der Waals surface area (Å²) in [6.07, 6.45) is 80.4. The summed E-state index contributed by atoms with van der Waals surface area (Å²) in [6, 6.07) is 0. The van der Waals surface area contributed by atoms with Gasteiger partial charge in [-0.05, 0) is 38.5 Å². The normalized spacial score (nSPS) is 10.4. The van der Waals surface area contributed by atoms with E-state index in [0.29, 0.717) is 38.5 Å². The SMILES string of the molecule is CCCCCCCCCCCCCC(=O)O.CCCCCCCCCCCCCC(=O)O.CCCCCCCCCCCCCC(=O)O.CCCCCCCCCCCCCC(=O)O.CCCCCCCCCCCCCC(=O)O.CCCCCCCCCCCCCC(=O)O.OCC(O)CO.OCC(O)CO.OCC(O)CO.OCC(O)CO.OCC(O)CO.OCC(O)CO. The van der Waals surface area contributed by atoms with Crippen LogP contribution >= 0.6 is 0 Å². The second kappa shape index (κ2) is 150. The number of rotatable bonds is 84. The van der Waals surface area contributed by atoms with Crippen LogP contribution in [0, 0.1) is 0 Å². The third kappa shape index (κ3) is 205. The zero-order valence-corrected chi connectivity index (χ0v) is 85.0. The Hall–Kier alpha value is -3.90. The van der Waals surface area contributed by atoms with Crippen LogP contribution in [0.1, 0.15) is 504 Å². The van der Waals surface area contributed by atoms with E-state index in [4.69, 9.17) is 123 Å². The molecule has 0 saturated heterocycles. The second-order valence-electron chi connectivity index (χ2n) is 34.2. The molecule has 24 N–H and O–H groups in total. The van der Waals surface area contributed by atoms with Crippen molar-refractivity contribution in [2.75, 3.05) is 79.3 Å². The third-order valence-electron chi connectivity index (χ3n) is 20.5. The van der Waals surface area contributed by atoms with Gasteiger partial charge < -0.3 is 123 Å². The second-order valence-corrected chi connectivity index (χ2v) is 34.2. The van der Waals surface area contributed by atoms with Crippen molar-refractivity contribution >= 4 is 35.8 Å².